The first-order valence-corrected chi connectivity index (χ1v) is 20.4. The topological polar surface area (TPSA) is 6.48 Å². The normalized spacial score (nSPS) is 17.4. The van der Waals surface area contributed by atoms with Crippen LogP contribution in [0.5, 0.6) is 0 Å². The van der Waals surface area contributed by atoms with E-state index in [4.69, 9.17) is 0 Å². The van der Waals surface area contributed by atoms with Gasteiger partial charge in [0.25, 0.3) is 0 Å². The number of allylic oxidation sites excluding steroid dienone is 7. The highest BCUT2D eigenvalue weighted by Gasteiger charge is 2.40. The van der Waals surface area contributed by atoms with Gasteiger partial charge in [0.15, 0.2) is 0 Å². The van der Waals surface area contributed by atoms with Crippen molar-refractivity contribution >= 4 is 56.5 Å². The van der Waals surface area contributed by atoms with Crippen LogP contribution in [0.2, 0.25) is 0 Å². The van der Waals surface area contributed by atoms with E-state index >= 15 is 0 Å². The van der Waals surface area contributed by atoms with Crippen molar-refractivity contribution in [3.63, 3.8) is 0 Å². The Hall–Kier alpha value is -5.86. The summed E-state index contributed by atoms with van der Waals surface area (Å²) in [7, 11) is 0. The molecule has 0 aliphatic heterocycles. The van der Waals surface area contributed by atoms with Gasteiger partial charge < -0.3 is 9.80 Å². The molecule has 1 fully saturated rings. The Morgan fingerprint density at radius 2 is 1.25 bits per heavy atom. The van der Waals surface area contributed by atoms with Crippen molar-refractivity contribution in [2.24, 2.45) is 11.3 Å². The highest BCUT2D eigenvalue weighted by Crippen LogP contribution is 2.55. The fourth-order valence-corrected chi connectivity index (χ4v) is 8.92. The molecule has 9 rings (SSSR count). The molecule has 0 heterocycles. The van der Waals surface area contributed by atoms with E-state index in [0.717, 1.165) is 35.6 Å². The lowest BCUT2D eigenvalue weighted by atomic mass is 9.75. The van der Waals surface area contributed by atoms with E-state index in [1.807, 2.05) is 0 Å². The Morgan fingerprint density at radius 3 is 1.91 bits per heavy atom. The largest absolute Gasteiger partial charge is 0.310 e. The molecule has 0 radical (unpaired) electrons. The average molecular weight is 729 g/mol. The van der Waals surface area contributed by atoms with E-state index in [9.17, 15) is 0 Å². The molecule has 0 saturated heterocycles. The minimum absolute atomic E-state index is 0.106. The Kier molecular flexibility index (Phi) is 9.38. The Morgan fingerprint density at radius 1 is 0.643 bits per heavy atom. The smallest absolute Gasteiger partial charge is 0.0540 e. The van der Waals surface area contributed by atoms with Crippen LogP contribution >= 0.6 is 0 Å². The number of hydrogen-bond acceptors (Lipinski definition) is 2. The predicted octanol–water partition coefficient (Wildman–Crippen LogP) is 15.7. The van der Waals surface area contributed by atoms with Gasteiger partial charge in [0.2, 0.25) is 0 Å². The molecule has 0 spiro atoms. The van der Waals surface area contributed by atoms with E-state index < -0.39 is 0 Å². The zero-order chi connectivity index (χ0) is 38.4. The summed E-state index contributed by atoms with van der Waals surface area (Å²) < 4.78 is 0. The summed E-state index contributed by atoms with van der Waals surface area (Å²) in [5.74, 6) is 1.67. The molecule has 0 bridgehead atoms. The van der Waals surface area contributed by atoms with Gasteiger partial charge in [-0.2, -0.15) is 0 Å². The lowest BCUT2D eigenvalue weighted by Crippen LogP contribution is -2.17. The van der Waals surface area contributed by atoms with Crippen molar-refractivity contribution in [3.05, 3.63) is 192 Å². The molecule has 1 saturated carbocycles. The quantitative estimate of drug-likeness (QED) is 0.137. The van der Waals surface area contributed by atoms with Gasteiger partial charge in [-0.05, 0) is 139 Å². The maximum atomic E-state index is 2.46. The van der Waals surface area contributed by atoms with Crippen LogP contribution in [0, 0.1) is 11.3 Å². The molecule has 3 aliphatic carbocycles. The molecule has 0 aromatic heterocycles. The van der Waals surface area contributed by atoms with Crippen LogP contribution in [0.1, 0.15) is 88.0 Å². The minimum Gasteiger partial charge on any atom is -0.310 e. The lowest BCUT2D eigenvalue weighted by molar-refractivity contribution is 0.365. The summed E-state index contributed by atoms with van der Waals surface area (Å²) in [4.78, 5) is 4.88. The molecule has 6 aromatic carbocycles. The maximum absolute atomic E-state index is 2.46. The molecule has 0 amide bonds. The van der Waals surface area contributed by atoms with E-state index in [1.54, 1.807) is 0 Å². The van der Waals surface area contributed by atoms with Crippen molar-refractivity contribution in [2.75, 3.05) is 9.80 Å². The van der Waals surface area contributed by atoms with Gasteiger partial charge in [-0.3, -0.25) is 0 Å². The Bertz CT molecular complexity index is 2500. The van der Waals surface area contributed by atoms with E-state index in [-0.39, 0.29) is 5.41 Å². The summed E-state index contributed by atoms with van der Waals surface area (Å²) >= 11 is 0. The van der Waals surface area contributed by atoms with Crippen LogP contribution in [0.15, 0.2) is 169 Å². The SMILES string of the molecule is CC(C)=CC(c1ccc(N(c2ccc(N(c3ccc(C4=CCCC=C4)cc3)c3cccc4c3C=CC3CC43)cc2)c2cccc3ccccc23)cc1)C(C)(C)C. The first-order chi connectivity index (χ1) is 27.2. The number of benzene rings is 6. The highest BCUT2D eigenvalue weighted by atomic mass is 15.2. The molecule has 0 N–H and O–H groups in total. The van der Waals surface area contributed by atoms with Gasteiger partial charge in [-0.1, -0.05) is 136 Å². The van der Waals surface area contributed by atoms with Crippen molar-refractivity contribution in [2.45, 2.75) is 65.7 Å². The van der Waals surface area contributed by atoms with Crippen molar-refractivity contribution < 1.29 is 0 Å². The van der Waals surface area contributed by atoms with Gasteiger partial charge in [0.05, 0.1) is 11.4 Å². The van der Waals surface area contributed by atoms with Crippen LogP contribution < -0.4 is 9.80 Å². The van der Waals surface area contributed by atoms with Crippen molar-refractivity contribution in [3.8, 4) is 0 Å². The van der Waals surface area contributed by atoms with Gasteiger partial charge in [0, 0.05) is 39.6 Å². The van der Waals surface area contributed by atoms with Crippen LogP contribution in [-0.4, -0.2) is 0 Å². The van der Waals surface area contributed by atoms with Crippen LogP contribution in [-0.2, 0) is 0 Å². The van der Waals surface area contributed by atoms with Crippen LogP contribution in [0.4, 0.5) is 34.1 Å². The first kappa shape index (κ1) is 35.8. The first-order valence-electron chi connectivity index (χ1n) is 20.4. The summed E-state index contributed by atoms with van der Waals surface area (Å²) in [5, 5.41) is 2.46. The van der Waals surface area contributed by atoms with Crippen LogP contribution in [0.25, 0.3) is 22.4 Å². The zero-order valence-electron chi connectivity index (χ0n) is 33.4. The maximum Gasteiger partial charge on any atom is 0.0540 e. The van der Waals surface area contributed by atoms with Gasteiger partial charge in [-0.25, -0.2) is 0 Å². The molecular formula is C54H52N2. The third kappa shape index (κ3) is 6.94. The average Bonchev–Trinajstić information content (AvgIpc) is 4.02. The van der Waals surface area contributed by atoms with E-state index in [1.165, 1.54) is 62.0 Å². The third-order valence-electron chi connectivity index (χ3n) is 11.9. The predicted molar refractivity (Wildman–Crippen MR) is 241 cm³/mol. The highest BCUT2D eigenvalue weighted by molar-refractivity contribution is 5.99. The molecule has 3 aliphatic rings. The number of hydrogen-bond donors (Lipinski definition) is 0. The lowest BCUT2D eigenvalue weighted by Gasteiger charge is -2.31. The van der Waals surface area contributed by atoms with Gasteiger partial charge >= 0.3 is 0 Å². The number of anilines is 6. The standard InChI is InChI=1S/C54H52N2/c1-37(2)35-51(54(3,4)5)41-23-28-44(29-24-41)55(52-19-11-16-40-15-9-10-17-47(40)52)45-30-32-46(33-31-45)56(43-26-21-39(22-27-43)38-13-7-6-8-14-38)53-20-12-18-48-49(53)34-25-42-36-50(42)48/h7,9-35,42,50-51H,6,8,36H2,1-5H3. The van der Waals surface area contributed by atoms with Gasteiger partial charge in [-0.15, -0.1) is 0 Å². The summed E-state index contributed by atoms with van der Waals surface area (Å²) in [6.45, 7) is 11.4. The van der Waals surface area contributed by atoms with Crippen molar-refractivity contribution in [1.82, 2.24) is 0 Å². The van der Waals surface area contributed by atoms with Crippen molar-refractivity contribution in [1.29, 1.82) is 0 Å². The molecule has 2 heteroatoms. The van der Waals surface area contributed by atoms with Gasteiger partial charge in [0.1, 0.15) is 0 Å². The second kappa shape index (κ2) is 14.7. The minimum atomic E-state index is 0.106. The fraction of sp³-hybridized carbons (Fsp3) is 0.222. The van der Waals surface area contributed by atoms with E-state index in [0.29, 0.717) is 17.8 Å². The zero-order valence-corrected chi connectivity index (χ0v) is 33.4. The summed E-state index contributed by atoms with van der Waals surface area (Å²) in [6.07, 6.45) is 17.6. The fourth-order valence-electron chi connectivity index (χ4n) is 8.92. The molecule has 56 heavy (non-hydrogen) atoms. The second-order valence-corrected chi connectivity index (χ2v) is 17.2. The number of rotatable bonds is 9. The molecule has 6 aromatic rings. The number of fused-ring (bicyclic) bond motifs is 4. The molecule has 2 nitrogen and oxygen atoms in total. The van der Waals surface area contributed by atoms with E-state index in [2.05, 4.69) is 214 Å². The third-order valence-corrected chi connectivity index (χ3v) is 11.9. The summed E-state index contributed by atoms with van der Waals surface area (Å²) in [6, 6.07) is 49.9. The second-order valence-electron chi connectivity index (χ2n) is 17.2. The monoisotopic (exact) mass is 728 g/mol. The van der Waals surface area contributed by atoms with Crippen LogP contribution in [0.3, 0.4) is 0 Å². The Labute approximate surface area is 333 Å². The molecular weight excluding hydrogens is 677 g/mol. The molecule has 278 valence electrons. The number of nitrogens with zero attached hydrogens (tertiary/aromatic N) is 2. The summed E-state index contributed by atoms with van der Waals surface area (Å²) in [5.41, 5.74) is 15.2. The molecule has 3 atom stereocenters. The molecule has 3 unspecified atom stereocenters. The Balaban J connectivity index is 1.15.